The summed E-state index contributed by atoms with van der Waals surface area (Å²) in [5.74, 6) is 0.635. The first-order chi connectivity index (χ1) is 6.52. The Hall–Kier alpha value is -0.440. The monoisotopic (exact) mass is 210 g/mol. The fraction of sp³-hybridized carbons (Fsp3) is 0.615. The molecule has 0 aliphatic rings. The molecule has 0 spiro atoms. The van der Waals surface area contributed by atoms with Crippen LogP contribution in [0.5, 0.6) is 0 Å². The van der Waals surface area contributed by atoms with Gasteiger partial charge in [-0.15, -0.1) is 5.63 Å². The second kappa shape index (κ2) is 6.93. The maximum atomic E-state index is 3.36. The molecule has 0 bridgehead atoms. The summed E-state index contributed by atoms with van der Waals surface area (Å²) in [4.78, 5) is 0. The van der Waals surface area contributed by atoms with Gasteiger partial charge in [0.1, 0.15) is 0 Å². The zero-order valence-corrected chi connectivity index (χ0v) is 11.3. The van der Waals surface area contributed by atoms with Crippen molar-refractivity contribution in [3.8, 4) is 5.63 Å². The van der Waals surface area contributed by atoms with Gasteiger partial charge in [-0.05, 0) is 43.7 Å². The molecule has 0 saturated heterocycles. The fourth-order valence-electron chi connectivity index (χ4n) is 1.46. The number of rotatable bonds is 3. The van der Waals surface area contributed by atoms with Crippen LogP contribution in [0.4, 0.5) is 0 Å². The Balaban J connectivity index is 5.02. The molecule has 0 rings (SSSR count). The van der Waals surface area contributed by atoms with Crippen LogP contribution < -0.4 is 0 Å². The third-order valence-corrected chi connectivity index (χ3v) is 4.01. The lowest BCUT2D eigenvalue weighted by molar-refractivity contribution is 0.824. The standard InChI is InChI=1S/C13H23P/c1-7-9-13(14(6)8-2)12(5)10-11(3)4/h9-11H,7H2,1-6H3/b12-10-,13-9+. The summed E-state index contributed by atoms with van der Waals surface area (Å²) >= 11 is 0. The van der Waals surface area contributed by atoms with Gasteiger partial charge in [0.25, 0.3) is 0 Å². The second-order valence-corrected chi connectivity index (χ2v) is 5.92. The predicted octanol–water partition coefficient (Wildman–Crippen LogP) is 4.97. The zero-order chi connectivity index (χ0) is 11.1. The van der Waals surface area contributed by atoms with E-state index in [1.807, 2.05) is 6.92 Å². The van der Waals surface area contributed by atoms with E-state index in [1.54, 1.807) is 0 Å². The smallest absolute Gasteiger partial charge is 0.000755 e. The first kappa shape index (κ1) is 13.6. The molecule has 0 heterocycles. The van der Waals surface area contributed by atoms with Gasteiger partial charge < -0.3 is 0 Å². The summed E-state index contributed by atoms with van der Waals surface area (Å²) in [6.07, 6.45) is 5.81. The van der Waals surface area contributed by atoms with Crippen molar-refractivity contribution in [2.24, 2.45) is 5.92 Å². The summed E-state index contributed by atoms with van der Waals surface area (Å²) in [5, 5.41) is 1.50. The Bertz CT molecular complexity index is 305. The molecular weight excluding hydrogens is 187 g/mol. The van der Waals surface area contributed by atoms with Gasteiger partial charge in [0.05, 0.1) is 0 Å². The van der Waals surface area contributed by atoms with Gasteiger partial charge in [-0.2, -0.15) is 0 Å². The Kier molecular flexibility index (Phi) is 6.71. The SMILES string of the molecule is CC#P(C)C(=C/CC)/C(C)=C\C(C)C. The largest absolute Gasteiger partial charge is 0.129 e. The predicted molar refractivity (Wildman–Crippen MR) is 69.4 cm³/mol. The molecule has 0 aliphatic heterocycles. The van der Waals surface area contributed by atoms with E-state index >= 15 is 0 Å². The second-order valence-electron chi connectivity index (χ2n) is 3.87. The first-order valence-corrected chi connectivity index (χ1v) is 7.11. The average Bonchev–Trinajstić information content (AvgIpc) is 2.11. The number of hydrogen-bond acceptors (Lipinski definition) is 0. The van der Waals surface area contributed by atoms with Crippen LogP contribution in [-0.2, 0) is 0 Å². The average molecular weight is 210 g/mol. The Morgan fingerprint density at radius 1 is 1.43 bits per heavy atom. The summed E-state index contributed by atoms with van der Waals surface area (Å²) in [5.41, 5.74) is 4.79. The van der Waals surface area contributed by atoms with Crippen molar-refractivity contribution in [2.45, 2.75) is 41.0 Å². The van der Waals surface area contributed by atoms with Gasteiger partial charge in [0, 0.05) is 0 Å². The molecule has 0 aromatic heterocycles. The Morgan fingerprint density at radius 2 is 2.00 bits per heavy atom. The van der Waals surface area contributed by atoms with Crippen LogP contribution in [0.3, 0.4) is 0 Å². The molecule has 0 fully saturated rings. The lowest BCUT2D eigenvalue weighted by Crippen LogP contribution is -1.85. The van der Waals surface area contributed by atoms with E-state index in [9.17, 15) is 0 Å². The molecule has 80 valence electrons. The summed E-state index contributed by atoms with van der Waals surface area (Å²) in [7, 11) is -0.175. The molecule has 0 amide bonds. The third kappa shape index (κ3) is 4.70. The molecule has 0 radical (unpaired) electrons. The molecule has 0 aromatic rings. The minimum absolute atomic E-state index is 0.175. The molecule has 0 saturated carbocycles. The van der Waals surface area contributed by atoms with Crippen LogP contribution in [0.1, 0.15) is 41.0 Å². The third-order valence-electron chi connectivity index (χ3n) is 2.08. The molecule has 14 heavy (non-hydrogen) atoms. The van der Waals surface area contributed by atoms with Gasteiger partial charge in [-0.3, -0.25) is 0 Å². The van der Waals surface area contributed by atoms with Crippen LogP contribution in [0.25, 0.3) is 0 Å². The van der Waals surface area contributed by atoms with Crippen LogP contribution in [0, 0.1) is 11.5 Å². The molecule has 0 aliphatic carbocycles. The highest BCUT2D eigenvalue weighted by atomic mass is 31.1. The molecule has 0 aromatic carbocycles. The van der Waals surface area contributed by atoms with Gasteiger partial charge in [0.15, 0.2) is 0 Å². The van der Waals surface area contributed by atoms with E-state index in [2.05, 4.69) is 52.1 Å². The van der Waals surface area contributed by atoms with E-state index in [1.165, 1.54) is 10.9 Å². The summed E-state index contributed by atoms with van der Waals surface area (Å²) < 4.78 is 0. The van der Waals surface area contributed by atoms with Crippen molar-refractivity contribution in [1.29, 1.82) is 0 Å². The van der Waals surface area contributed by atoms with Crippen molar-refractivity contribution >= 4 is 7.38 Å². The Morgan fingerprint density at radius 3 is 2.36 bits per heavy atom. The normalized spacial score (nSPS) is 14.4. The van der Waals surface area contributed by atoms with Crippen LogP contribution in [0.2, 0.25) is 0 Å². The Labute approximate surface area is 90.2 Å². The lowest BCUT2D eigenvalue weighted by Gasteiger charge is -2.08. The van der Waals surface area contributed by atoms with Crippen LogP contribution in [-0.4, -0.2) is 6.66 Å². The highest BCUT2D eigenvalue weighted by molar-refractivity contribution is 7.51. The van der Waals surface area contributed by atoms with Crippen molar-refractivity contribution in [2.75, 3.05) is 6.66 Å². The summed E-state index contributed by atoms with van der Waals surface area (Å²) in [6, 6.07) is 0. The zero-order valence-electron chi connectivity index (χ0n) is 10.4. The summed E-state index contributed by atoms with van der Waals surface area (Å²) in [6.45, 7) is 13.2. The van der Waals surface area contributed by atoms with E-state index in [0.717, 1.165) is 6.42 Å². The maximum absolute atomic E-state index is 3.36. The van der Waals surface area contributed by atoms with Crippen molar-refractivity contribution in [1.82, 2.24) is 0 Å². The minimum atomic E-state index is -0.175. The fourth-order valence-corrected chi connectivity index (χ4v) is 2.76. The van der Waals surface area contributed by atoms with Crippen LogP contribution >= 0.6 is 7.38 Å². The highest BCUT2D eigenvalue weighted by Gasteiger charge is 2.00. The minimum Gasteiger partial charge on any atom is -0.129 e. The molecule has 0 nitrogen and oxygen atoms in total. The van der Waals surface area contributed by atoms with E-state index in [-0.39, 0.29) is 7.38 Å². The molecule has 1 unspecified atom stereocenters. The van der Waals surface area contributed by atoms with Crippen molar-refractivity contribution < 1.29 is 0 Å². The van der Waals surface area contributed by atoms with Gasteiger partial charge in [-0.1, -0.05) is 40.3 Å². The molecular formula is C13H23P. The number of allylic oxidation sites excluding steroid dienone is 4. The van der Waals surface area contributed by atoms with Crippen molar-refractivity contribution in [3.05, 3.63) is 23.0 Å². The van der Waals surface area contributed by atoms with Gasteiger partial charge >= 0.3 is 0 Å². The van der Waals surface area contributed by atoms with E-state index < -0.39 is 0 Å². The maximum Gasteiger partial charge on any atom is -0.000755 e. The van der Waals surface area contributed by atoms with Gasteiger partial charge in [0.2, 0.25) is 0 Å². The van der Waals surface area contributed by atoms with E-state index in [0.29, 0.717) is 5.92 Å². The quantitative estimate of drug-likeness (QED) is 0.455. The van der Waals surface area contributed by atoms with E-state index in [4.69, 9.17) is 0 Å². The number of hydrogen-bond donors (Lipinski definition) is 0. The molecule has 0 N–H and O–H groups in total. The van der Waals surface area contributed by atoms with Gasteiger partial charge in [-0.25, -0.2) is 0 Å². The molecule has 1 atom stereocenters. The molecule has 1 heteroatoms. The van der Waals surface area contributed by atoms with Crippen LogP contribution in [0.15, 0.2) is 23.0 Å². The first-order valence-electron chi connectivity index (χ1n) is 5.33. The topological polar surface area (TPSA) is 0 Å². The highest BCUT2D eigenvalue weighted by Crippen LogP contribution is 2.33. The lowest BCUT2D eigenvalue weighted by atomic mass is 10.1. The van der Waals surface area contributed by atoms with Crippen molar-refractivity contribution in [3.63, 3.8) is 0 Å².